The van der Waals surface area contributed by atoms with Crippen LogP contribution in [0.3, 0.4) is 0 Å². The molecule has 0 spiro atoms. The first-order valence-corrected chi connectivity index (χ1v) is 5.91. The molecule has 3 rings (SSSR count). The molecule has 0 fully saturated rings. The first-order chi connectivity index (χ1) is 9.28. The Hall–Kier alpha value is -2.34. The molecule has 0 aliphatic carbocycles. The number of rotatable bonds is 3. The van der Waals surface area contributed by atoms with Gasteiger partial charge < -0.3 is 10.1 Å². The van der Waals surface area contributed by atoms with Crippen LogP contribution in [0.2, 0.25) is 5.02 Å². The fourth-order valence-corrected chi connectivity index (χ4v) is 1.98. The highest BCUT2D eigenvalue weighted by atomic mass is 35.5. The summed E-state index contributed by atoms with van der Waals surface area (Å²) in [6.07, 6.45) is 3.21. The first-order valence-electron chi connectivity index (χ1n) is 5.53. The Morgan fingerprint density at radius 3 is 2.89 bits per heavy atom. The molecule has 2 heterocycles. The first kappa shape index (κ1) is 11.7. The van der Waals surface area contributed by atoms with Gasteiger partial charge in [-0.2, -0.15) is 5.10 Å². The second kappa shape index (κ2) is 4.74. The van der Waals surface area contributed by atoms with Gasteiger partial charge in [0.15, 0.2) is 11.3 Å². The summed E-state index contributed by atoms with van der Waals surface area (Å²) in [5.41, 5.74) is 2.04. The topological polar surface area (TPSA) is 75.7 Å². The van der Waals surface area contributed by atoms with Crippen LogP contribution in [0.5, 0.6) is 5.75 Å². The third-order valence-corrected chi connectivity index (χ3v) is 2.91. The number of anilines is 2. The number of halogens is 1. The molecule has 96 valence electrons. The van der Waals surface area contributed by atoms with Gasteiger partial charge in [0, 0.05) is 18.1 Å². The summed E-state index contributed by atoms with van der Waals surface area (Å²) in [6, 6.07) is 5.41. The van der Waals surface area contributed by atoms with E-state index in [1.54, 1.807) is 31.6 Å². The Kier molecular flexibility index (Phi) is 2.92. The smallest absolute Gasteiger partial charge is 0.201 e. The van der Waals surface area contributed by atoms with Gasteiger partial charge in [0.25, 0.3) is 0 Å². The predicted octanol–water partition coefficient (Wildman–Crippen LogP) is 2.76. The molecule has 19 heavy (non-hydrogen) atoms. The molecular weight excluding hydrogens is 266 g/mol. The number of aromatic amines is 1. The lowest BCUT2D eigenvalue weighted by atomic mass is 10.3. The van der Waals surface area contributed by atoms with E-state index in [1.165, 1.54) is 0 Å². The lowest BCUT2D eigenvalue weighted by molar-refractivity contribution is 0.415. The molecule has 0 aliphatic heterocycles. The van der Waals surface area contributed by atoms with E-state index in [0.717, 1.165) is 5.69 Å². The van der Waals surface area contributed by atoms with Crippen molar-refractivity contribution >= 4 is 34.3 Å². The third kappa shape index (κ3) is 2.17. The zero-order chi connectivity index (χ0) is 13.2. The summed E-state index contributed by atoms with van der Waals surface area (Å²) in [5.74, 6) is 1.30. The van der Waals surface area contributed by atoms with Gasteiger partial charge in [-0.15, -0.1) is 0 Å². The van der Waals surface area contributed by atoms with E-state index in [-0.39, 0.29) is 0 Å². The molecule has 7 heteroatoms. The molecule has 3 aromatic rings. The van der Waals surface area contributed by atoms with Crippen LogP contribution in [0.1, 0.15) is 0 Å². The number of hydrogen-bond acceptors (Lipinski definition) is 5. The van der Waals surface area contributed by atoms with Crippen molar-refractivity contribution in [2.75, 3.05) is 12.4 Å². The number of nitrogens with zero attached hydrogens (tertiary/aromatic N) is 3. The Balaban J connectivity index is 1.95. The van der Waals surface area contributed by atoms with Crippen LogP contribution >= 0.6 is 11.6 Å². The van der Waals surface area contributed by atoms with Crippen molar-refractivity contribution in [3.63, 3.8) is 0 Å². The normalized spacial score (nSPS) is 10.6. The number of hydrogen-bond donors (Lipinski definition) is 2. The highest BCUT2D eigenvalue weighted by molar-refractivity contribution is 6.32. The fourth-order valence-electron chi connectivity index (χ4n) is 1.73. The molecule has 0 aliphatic rings. The molecule has 2 N–H and O–H groups in total. The number of ether oxygens (including phenoxy) is 1. The quantitative estimate of drug-likeness (QED) is 0.769. The van der Waals surface area contributed by atoms with Crippen molar-refractivity contribution < 1.29 is 4.74 Å². The Bertz CT molecular complexity index is 727. The number of methoxy groups -OCH3 is 1. The van der Waals surface area contributed by atoms with E-state index in [2.05, 4.69) is 25.5 Å². The van der Waals surface area contributed by atoms with Gasteiger partial charge in [-0.25, -0.2) is 9.97 Å². The Labute approximate surface area is 113 Å². The van der Waals surface area contributed by atoms with Crippen LogP contribution in [0.4, 0.5) is 11.5 Å². The zero-order valence-corrected chi connectivity index (χ0v) is 10.8. The van der Waals surface area contributed by atoms with Gasteiger partial charge in [0.1, 0.15) is 5.75 Å². The van der Waals surface area contributed by atoms with Crippen LogP contribution in [0.25, 0.3) is 11.2 Å². The van der Waals surface area contributed by atoms with Gasteiger partial charge >= 0.3 is 0 Å². The zero-order valence-electron chi connectivity index (χ0n) is 10.0. The monoisotopic (exact) mass is 275 g/mol. The minimum Gasteiger partial charge on any atom is -0.495 e. The van der Waals surface area contributed by atoms with E-state index in [9.17, 15) is 0 Å². The molecular formula is C12H10ClN5O. The van der Waals surface area contributed by atoms with E-state index >= 15 is 0 Å². The second-order valence-corrected chi connectivity index (χ2v) is 4.21. The maximum absolute atomic E-state index is 6.07. The average Bonchev–Trinajstić information content (AvgIpc) is 2.83. The van der Waals surface area contributed by atoms with E-state index < -0.39 is 0 Å². The van der Waals surface area contributed by atoms with E-state index in [4.69, 9.17) is 16.3 Å². The van der Waals surface area contributed by atoms with Gasteiger partial charge in [0.05, 0.1) is 12.1 Å². The molecule has 0 radical (unpaired) electrons. The van der Waals surface area contributed by atoms with Crippen LogP contribution in [-0.2, 0) is 0 Å². The number of fused-ring (bicyclic) bond motifs is 1. The van der Waals surface area contributed by atoms with Gasteiger partial charge in [-0.3, -0.25) is 5.10 Å². The maximum atomic E-state index is 6.07. The summed E-state index contributed by atoms with van der Waals surface area (Å²) in [5, 5.41) is 10.6. The molecule has 0 bridgehead atoms. The highest BCUT2D eigenvalue weighted by Gasteiger charge is 2.08. The second-order valence-electron chi connectivity index (χ2n) is 3.80. The number of aromatic nitrogens is 4. The third-order valence-electron chi connectivity index (χ3n) is 2.61. The maximum Gasteiger partial charge on any atom is 0.201 e. The summed E-state index contributed by atoms with van der Waals surface area (Å²) < 4.78 is 5.10. The van der Waals surface area contributed by atoms with Gasteiger partial charge in [-0.05, 0) is 18.2 Å². The van der Waals surface area contributed by atoms with Crippen LogP contribution in [0.15, 0.2) is 30.6 Å². The van der Waals surface area contributed by atoms with Gasteiger partial charge in [-0.1, -0.05) is 11.6 Å². The summed E-state index contributed by atoms with van der Waals surface area (Å²) in [6.45, 7) is 0. The number of benzene rings is 1. The average molecular weight is 276 g/mol. The molecule has 0 amide bonds. The lowest BCUT2D eigenvalue weighted by Crippen LogP contribution is -1.93. The summed E-state index contributed by atoms with van der Waals surface area (Å²) in [4.78, 5) is 8.31. The molecule has 1 aromatic carbocycles. The minimum absolute atomic E-state index is 0.530. The largest absolute Gasteiger partial charge is 0.495 e. The highest BCUT2D eigenvalue weighted by Crippen LogP contribution is 2.29. The molecule has 6 nitrogen and oxygen atoms in total. The van der Waals surface area contributed by atoms with Crippen LogP contribution in [0, 0.1) is 0 Å². The SMILES string of the molecule is COc1ccc(Nc2[nH]nc3nccnc23)cc1Cl. The Morgan fingerprint density at radius 1 is 1.26 bits per heavy atom. The molecule has 0 atom stereocenters. The summed E-state index contributed by atoms with van der Waals surface area (Å²) in [7, 11) is 1.58. The minimum atomic E-state index is 0.530. The van der Waals surface area contributed by atoms with Crippen LogP contribution in [-0.4, -0.2) is 27.3 Å². The van der Waals surface area contributed by atoms with Crippen molar-refractivity contribution in [2.24, 2.45) is 0 Å². The van der Waals surface area contributed by atoms with E-state index in [0.29, 0.717) is 27.8 Å². The standard InChI is InChI=1S/C12H10ClN5O/c1-19-9-3-2-7(6-8(9)13)16-12-10-11(17-18-12)15-5-4-14-10/h2-6H,1H3,(H2,15,16,17,18). The Morgan fingerprint density at radius 2 is 2.11 bits per heavy atom. The molecule has 0 unspecified atom stereocenters. The van der Waals surface area contributed by atoms with Crippen molar-refractivity contribution in [3.05, 3.63) is 35.6 Å². The van der Waals surface area contributed by atoms with E-state index in [1.807, 2.05) is 6.07 Å². The number of H-pyrrole nitrogens is 1. The lowest BCUT2D eigenvalue weighted by Gasteiger charge is -2.07. The van der Waals surface area contributed by atoms with Crippen molar-refractivity contribution in [2.45, 2.75) is 0 Å². The van der Waals surface area contributed by atoms with Crippen molar-refractivity contribution in [1.82, 2.24) is 20.2 Å². The fraction of sp³-hybridized carbons (Fsp3) is 0.0833. The van der Waals surface area contributed by atoms with Crippen LogP contribution < -0.4 is 10.1 Å². The predicted molar refractivity (Wildman–Crippen MR) is 73.0 cm³/mol. The van der Waals surface area contributed by atoms with Gasteiger partial charge in [0.2, 0.25) is 5.65 Å². The molecule has 2 aromatic heterocycles. The molecule has 0 saturated heterocycles. The van der Waals surface area contributed by atoms with Crippen molar-refractivity contribution in [3.8, 4) is 5.75 Å². The van der Waals surface area contributed by atoms with Crippen molar-refractivity contribution in [1.29, 1.82) is 0 Å². The number of nitrogens with one attached hydrogen (secondary N) is 2. The molecule has 0 saturated carbocycles. The summed E-state index contributed by atoms with van der Waals surface area (Å²) >= 11 is 6.07.